The van der Waals surface area contributed by atoms with Gasteiger partial charge in [0.05, 0.1) is 18.8 Å². The van der Waals surface area contributed by atoms with E-state index in [4.69, 9.17) is 7.48 Å². The molecule has 0 amide bonds. The normalized spacial score (nSPS) is 59.8. The second kappa shape index (κ2) is 2.55. The zero-order valence-electron chi connectivity index (χ0n) is 8.73. The molecule has 0 aliphatic carbocycles. The number of aliphatic hydroxyl groups is 2. The third-order valence-corrected chi connectivity index (χ3v) is 2.44. The zero-order valence-corrected chi connectivity index (χ0v) is 6.73. The summed E-state index contributed by atoms with van der Waals surface area (Å²) < 4.78 is 21.2. The van der Waals surface area contributed by atoms with Crippen molar-refractivity contribution in [1.82, 2.24) is 0 Å². The van der Waals surface area contributed by atoms with E-state index >= 15 is 0 Å². The van der Waals surface area contributed by atoms with Crippen molar-refractivity contribution in [2.24, 2.45) is 0 Å². The lowest BCUT2D eigenvalue weighted by atomic mass is 9.98. The van der Waals surface area contributed by atoms with E-state index in [2.05, 4.69) is 0 Å². The van der Waals surface area contributed by atoms with Gasteiger partial charge < -0.3 is 14.9 Å². The summed E-state index contributed by atoms with van der Waals surface area (Å²) in [5.74, 6) is 0. The SMILES string of the molecule is [2H]C1C([2H])C2(CO)CC=CC1(CO)O2. The molecule has 4 unspecified atom stereocenters. The Morgan fingerprint density at radius 3 is 2.92 bits per heavy atom. The minimum Gasteiger partial charge on any atom is -0.393 e. The van der Waals surface area contributed by atoms with E-state index in [1.807, 2.05) is 0 Å². The molecule has 4 atom stereocenters. The van der Waals surface area contributed by atoms with Gasteiger partial charge in [-0.3, -0.25) is 0 Å². The molecule has 0 aromatic rings. The maximum Gasteiger partial charge on any atom is 0.110 e. The molecule has 2 rings (SSSR count). The van der Waals surface area contributed by atoms with Crippen molar-refractivity contribution in [3.05, 3.63) is 12.2 Å². The van der Waals surface area contributed by atoms with Crippen molar-refractivity contribution in [3.8, 4) is 0 Å². The fourth-order valence-corrected chi connectivity index (χ4v) is 1.68. The van der Waals surface area contributed by atoms with Gasteiger partial charge in [-0.05, 0) is 19.2 Å². The number of rotatable bonds is 2. The van der Waals surface area contributed by atoms with Gasteiger partial charge >= 0.3 is 0 Å². The molecule has 1 fully saturated rings. The van der Waals surface area contributed by atoms with Crippen LogP contribution in [0, 0.1) is 0 Å². The number of hydrogen-bond acceptors (Lipinski definition) is 3. The second-order valence-electron chi connectivity index (χ2n) is 3.38. The first-order chi connectivity index (χ1) is 6.60. The van der Waals surface area contributed by atoms with Gasteiger partial charge in [-0.25, -0.2) is 0 Å². The maximum absolute atomic E-state index is 9.22. The van der Waals surface area contributed by atoms with Crippen molar-refractivity contribution in [1.29, 1.82) is 0 Å². The lowest BCUT2D eigenvalue weighted by Crippen LogP contribution is -2.41. The van der Waals surface area contributed by atoms with E-state index in [0.717, 1.165) is 0 Å². The third kappa shape index (κ3) is 1.01. The van der Waals surface area contributed by atoms with E-state index in [1.165, 1.54) is 0 Å². The lowest BCUT2D eigenvalue weighted by Gasteiger charge is -2.34. The average molecular weight is 172 g/mol. The molecule has 12 heavy (non-hydrogen) atoms. The molecule has 2 aliphatic rings. The van der Waals surface area contributed by atoms with Crippen LogP contribution in [0.2, 0.25) is 0 Å². The topological polar surface area (TPSA) is 49.7 Å². The third-order valence-electron chi connectivity index (χ3n) is 2.44. The Morgan fingerprint density at radius 1 is 1.42 bits per heavy atom. The molecular formula is C9H14O3. The van der Waals surface area contributed by atoms with Gasteiger partial charge in [0.2, 0.25) is 0 Å². The molecule has 2 heterocycles. The van der Waals surface area contributed by atoms with E-state index < -0.39 is 24.0 Å². The molecule has 0 radical (unpaired) electrons. The average Bonchev–Trinajstić information content (AvgIpc) is 2.39. The van der Waals surface area contributed by atoms with Crippen molar-refractivity contribution >= 4 is 0 Å². The van der Waals surface area contributed by atoms with Crippen LogP contribution in [0.1, 0.15) is 22.0 Å². The van der Waals surface area contributed by atoms with Crippen LogP contribution >= 0.6 is 0 Å². The summed E-state index contributed by atoms with van der Waals surface area (Å²) >= 11 is 0. The van der Waals surface area contributed by atoms with Crippen molar-refractivity contribution in [3.63, 3.8) is 0 Å². The molecule has 0 saturated carbocycles. The minimum absolute atomic E-state index is 0.275. The Morgan fingerprint density at radius 2 is 2.25 bits per heavy atom. The summed E-state index contributed by atoms with van der Waals surface area (Å²) in [5, 5.41) is 18.4. The summed E-state index contributed by atoms with van der Waals surface area (Å²) in [5.41, 5.74) is -2.06. The monoisotopic (exact) mass is 172 g/mol. The molecule has 0 aromatic heterocycles. The van der Waals surface area contributed by atoms with Gasteiger partial charge in [0.25, 0.3) is 0 Å². The summed E-state index contributed by atoms with van der Waals surface area (Å²) in [7, 11) is 0. The summed E-state index contributed by atoms with van der Waals surface area (Å²) in [4.78, 5) is 0. The summed E-state index contributed by atoms with van der Waals surface area (Å²) in [6.45, 7) is -0.586. The number of aliphatic hydroxyl groups excluding tert-OH is 2. The van der Waals surface area contributed by atoms with Crippen molar-refractivity contribution in [2.75, 3.05) is 13.2 Å². The number of fused-ring (bicyclic) bond motifs is 2. The second-order valence-corrected chi connectivity index (χ2v) is 3.38. The summed E-state index contributed by atoms with van der Waals surface area (Å²) in [6, 6.07) is 0. The molecular weight excluding hydrogens is 156 g/mol. The molecule has 3 heteroatoms. The van der Waals surface area contributed by atoms with E-state index in [1.54, 1.807) is 12.2 Å². The molecule has 2 bridgehead atoms. The van der Waals surface area contributed by atoms with Crippen molar-refractivity contribution in [2.45, 2.75) is 30.4 Å². The van der Waals surface area contributed by atoms with Gasteiger partial charge in [-0.1, -0.05) is 12.2 Å². The van der Waals surface area contributed by atoms with E-state index in [-0.39, 0.29) is 13.2 Å². The van der Waals surface area contributed by atoms with Crippen molar-refractivity contribution < 1.29 is 17.7 Å². The first-order valence-corrected chi connectivity index (χ1v) is 4.04. The van der Waals surface area contributed by atoms with Crippen LogP contribution in [0.25, 0.3) is 0 Å². The highest BCUT2D eigenvalue weighted by molar-refractivity contribution is 5.15. The minimum atomic E-state index is -1.08. The molecule has 2 N–H and O–H groups in total. The van der Waals surface area contributed by atoms with Gasteiger partial charge in [-0.15, -0.1) is 0 Å². The van der Waals surface area contributed by atoms with Crippen LogP contribution in [-0.4, -0.2) is 34.6 Å². The fraction of sp³-hybridized carbons (Fsp3) is 0.778. The maximum atomic E-state index is 9.22. The molecule has 0 aromatic carbocycles. The van der Waals surface area contributed by atoms with Crippen LogP contribution in [0.4, 0.5) is 0 Å². The molecule has 68 valence electrons. The Bertz CT molecular complexity index is 271. The smallest absolute Gasteiger partial charge is 0.110 e. The Hall–Kier alpha value is -0.380. The van der Waals surface area contributed by atoms with Crippen LogP contribution in [0.15, 0.2) is 12.2 Å². The van der Waals surface area contributed by atoms with Gasteiger partial charge in [-0.2, -0.15) is 0 Å². The molecule has 3 nitrogen and oxygen atoms in total. The first kappa shape index (κ1) is 6.13. The molecule has 1 saturated heterocycles. The number of ether oxygens (including phenoxy) is 1. The van der Waals surface area contributed by atoms with Gasteiger partial charge in [0.1, 0.15) is 5.60 Å². The zero-order chi connectivity index (χ0) is 10.4. The predicted molar refractivity (Wildman–Crippen MR) is 43.7 cm³/mol. The van der Waals surface area contributed by atoms with Crippen LogP contribution in [-0.2, 0) is 4.74 Å². The van der Waals surface area contributed by atoms with Crippen LogP contribution in [0.3, 0.4) is 0 Å². The highest BCUT2D eigenvalue weighted by Crippen LogP contribution is 2.44. The highest BCUT2D eigenvalue weighted by atomic mass is 16.5. The summed E-state index contributed by atoms with van der Waals surface area (Å²) in [6.07, 6.45) is 2.22. The number of hydrogen-bond donors (Lipinski definition) is 2. The Kier molecular flexibility index (Phi) is 1.30. The van der Waals surface area contributed by atoms with Crippen LogP contribution in [0.5, 0.6) is 0 Å². The lowest BCUT2D eigenvalue weighted by molar-refractivity contribution is -0.125. The first-order valence-electron chi connectivity index (χ1n) is 5.20. The Labute approximate surface area is 74.5 Å². The molecule has 0 spiro atoms. The largest absolute Gasteiger partial charge is 0.393 e. The van der Waals surface area contributed by atoms with E-state index in [0.29, 0.717) is 6.42 Å². The standard InChI is InChI=1S/C9H14O3/c10-6-8-2-1-3-9(7-11,12-8)5-4-8/h1-2,10-11H,3-7H2/i4D,5D. The van der Waals surface area contributed by atoms with Gasteiger partial charge in [0.15, 0.2) is 0 Å². The van der Waals surface area contributed by atoms with Gasteiger partial charge in [0, 0.05) is 2.74 Å². The predicted octanol–water partition coefficient (Wildman–Crippen LogP) is 0.219. The molecule has 2 aliphatic heterocycles. The van der Waals surface area contributed by atoms with Crippen LogP contribution < -0.4 is 0 Å². The highest BCUT2D eigenvalue weighted by Gasteiger charge is 2.49. The van der Waals surface area contributed by atoms with E-state index in [9.17, 15) is 10.2 Å². The Balaban J connectivity index is 2.40. The quantitative estimate of drug-likeness (QED) is 0.586. The fourth-order valence-electron chi connectivity index (χ4n) is 1.68.